The molecule has 1 unspecified atom stereocenters. The van der Waals surface area contributed by atoms with Gasteiger partial charge in [-0.3, -0.25) is 4.90 Å². The van der Waals surface area contributed by atoms with Gasteiger partial charge in [0, 0.05) is 31.5 Å². The molecule has 2 aliphatic rings. The quantitative estimate of drug-likeness (QED) is 0.852. The van der Waals surface area contributed by atoms with Gasteiger partial charge in [-0.15, -0.1) is 0 Å². The fourth-order valence-corrected chi connectivity index (χ4v) is 3.88. The summed E-state index contributed by atoms with van der Waals surface area (Å²) in [4.78, 5) is 2.56. The molecule has 0 amide bonds. The Morgan fingerprint density at radius 1 is 0.909 bits per heavy atom. The molecule has 2 aromatic carbocycles. The monoisotopic (exact) mass is 291 g/mol. The molecule has 1 saturated heterocycles. The van der Waals surface area contributed by atoms with Gasteiger partial charge < -0.3 is 4.74 Å². The lowest BCUT2D eigenvalue weighted by Gasteiger charge is -2.25. The predicted octanol–water partition coefficient (Wildman–Crippen LogP) is 3.81. The fourth-order valence-electron chi connectivity index (χ4n) is 3.88. The van der Waals surface area contributed by atoms with Crippen molar-refractivity contribution >= 4 is 5.57 Å². The fraction of sp³-hybridized carbons (Fsp3) is 0.300. The van der Waals surface area contributed by atoms with E-state index >= 15 is 0 Å². The van der Waals surface area contributed by atoms with Crippen LogP contribution < -0.4 is 4.74 Å². The van der Waals surface area contributed by atoms with Crippen LogP contribution in [-0.2, 0) is 0 Å². The molecule has 2 aromatic rings. The van der Waals surface area contributed by atoms with Crippen LogP contribution >= 0.6 is 0 Å². The van der Waals surface area contributed by atoms with Crippen LogP contribution in [0, 0.1) is 5.92 Å². The third-order valence-corrected chi connectivity index (χ3v) is 5.02. The van der Waals surface area contributed by atoms with Crippen LogP contribution in [0.25, 0.3) is 5.57 Å². The lowest BCUT2D eigenvalue weighted by molar-refractivity contribution is 0.360. The first-order chi connectivity index (χ1) is 10.8. The van der Waals surface area contributed by atoms with Crippen LogP contribution in [-0.4, -0.2) is 31.6 Å². The van der Waals surface area contributed by atoms with Gasteiger partial charge >= 0.3 is 0 Å². The first kappa shape index (κ1) is 13.6. The number of hydrogen-bond donors (Lipinski definition) is 0. The third-order valence-electron chi connectivity index (χ3n) is 5.02. The highest BCUT2D eigenvalue weighted by Crippen LogP contribution is 2.43. The standard InChI is InChI=1S/C20H21NO/c1-22-17-9-7-16(8-10-17)18-11-12-21-13-19(20(18)14-21)15-5-3-2-4-6-15/h2-11,19-20H,12-14H2,1H3/t19-,20+/m0/s1. The van der Waals surface area contributed by atoms with Gasteiger partial charge in [0.1, 0.15) is 5.75 Å². The summed E-state index contributed by atoms with van der Waals surface area (Å²) in [5.74, 6) is 2.13. The van der Waals surface area contributed by atoms with E-state index in [1.54, 1.807) is 7.11 Å². The molecule has 1 fully saturated rings. The summed E-state index contributed by atoms with van der Waals surface area (Å²) in [6, 6.07) is 19.5. The summed E-state index contributed by atoms with van der Waals surface area (Å²) < 4.78 is 5.28. The van der Waals surface area contributed by atoms with Crippen LogP contribution in [0.15, 0.2) is 60.7 Å². The SMILES string of the molecule is COc1ccc(C2=CCN3C[C@H]2[C@H](c2ccccc2)C3)cc1. The Labute approximate surface area is 132 Å². The van der Waals surface area contributed by atoms with Crippen molar-refractivity contribution < 1.29 is 4.74 Å². The van der Waals surface area contributed by atoms with E-state index in [0.29, 0.717) is 11.8 Å². The molecule has 2 heterocycles. The Morgan fingerprint density at radius 2 is 1.64 bits per heavy atom. The van der Waals surface area contributed by atoms with Crippen molar-refractivity contribution in [1.29, 1.82) is 0 Å². The van der Waals surface area contributed by atoms with Gasteiger partial charge in [-0.05, 0) is 28.8 Å². The summed E-state index contributed by atoms with van der Waals surface area (Å²) in [6.45, 7) is 3.42. The molecular formula is C20H21NO. The Hall–Kier alpha value is -2.06. The van der Waals surface area contributed by atoms with E-state index < -0.39 is 0 Å². The highest BCUT2D eigenvalue weighted by Gasteiger charge is 2.38. The van der Waals surface area contributed by atoms with Gasteiger partial charge in [-0.1, -0.05) is 48.5 Å². The van der Waals surface area contributed by atoms with Gasteiger partial charge in [-0.2, -0.15) is 0 Å². The Balaban J connectivity index is 1.67. The van der Waals surface area contributed by atoms with E-state index in [0.717, 1.165) is 12.3 Å². The smallest absolute Gasteiger partial charge is 0.118 e. The zero-order valence-corrected chi connectivity index (χ0v) is 12.9. The summed E-state index contributed by atoms with van der Waals surface area (Å²) in [7, 11) is 1.72. The lowest BCUT2D eigenvalue weighted by Crippen LogP contribution is -2.24. The summed E-state index contributed by atoms with van der Waals surface area (Å²) >= 11 is 0. The second-order valence-electron chi connectivity index (χ2n) is 6.23. The number of hydrogen-bond acceptors (Lipinski definition) is 2. The van der Waals surface area contributed by atoms with E-state index in [1.165, 1.54) is 29.8 Å². The average molecular weight is 291 g/mol. The number of methoxy groups -OCH3 is 1. The number of nitrogens with zero attached hydrogens (tertiary/aromatic N) is 1. The van der Waals surface area contributed by atoms with E-state index in [2.05, 4.69) is 65.6 Å². The number of benzene rings is 2. The zero-order chi connectivity index (χ0) is 14.9. The maximum atomic E-state index is 5.28. The molecule has 2 heteroatoms. The van der Waals surface area contributed by atoms with E-state index in [1.807, 2.05) is 0 Å². The van der Waals surface area contributed by atoms with Crippen molar-refractivity contribution in [2.24, 2.45) is 5.92 Å². The van der Waals surface area contributed by atoms with Crippen LogP contribution in [0.1, 0.15) is 17.0 Å². The van der Waals surface area contributed by atoms with Gasteiger partial charge in [0.15, 0.2) is 0 Å². The first-order valence-electron chi connectivity index (χ1n) is 7.97. The molecule has 0 aromatic heterocycles. The van der Waals surface area contributed by atoms with Crippen molar-refractivity contribution in [2.75, 3.05) is 26.7 Å². The maximum absolute atomic E-state index is 5.28. The molecule has 0 spiro atoms. The molecule has 112 valence electrons. The van der Waals surface area contributed by atoms with Gasteiger partial charge in [0.25, 0.3) is 0 Å². The lowest BCUT2D eigenvalue weighted by atomic mass is 9.80. The van der Waals surface area contributed by atoms with Crippen LogP contribution in [0.5, 0.6) is 5.75 Å². The van der Waals surface area contributed by atoms with Crippen molar-refractivity contribution in [1.82, 2.24) is 4.90 Å². The summed E-state index contributed by atoms with van der Waals surface area (Å²) in [5.41, 5.74) is 4.31. The Bertz CT molecular complexity index is 675. The molecule has 3 atom stereocenters. The highest BCUT2D eigenvalue weighted by atomic mass is 16.5. The van der Waals surface area contributed by atoms with E-state index in [-0.39, 0.29) is 0 Å². The van der Waals surface area contributed by atoms with Crippen molar-refractivity contribution in [3.63, 3.8) is 0 Å². The minimum atomic E-state index is 0.601. The number of ether oxygens (including phenoxy) is 1. The molecule has 22 heavy (non-hydrogen) atoms. The second-order valence-corrected chi connectivity index (χ2v) is 6.23. The number of fused-ring (bicyclic) bond motifs is 2. The van der Waals surface area contributed by atoms with E-state index in [9.17, 15) is 0 Å². The average Bonchev–Trinajstić information content (AvgIpc) is 2.93. The second kappa shape index (κ2) is 5.62. The third kappa shape index (κ3) is 2.34. The normalized spacial score (nSPS) is 26.6. The zero-order valence-electron chi connectivity index (χ0n) is 12.9. The Morgan fingerprint density at radius 3 is 2.36 bits per heavy atom. The van der Waals surface area contributed by atoms with Gasteiger partial charge in [-0.25, -0.2) is 0 Å². The molecule has 2 nitrogen and oxygen atoms in total. The predicted molar refractivity (Wildman–Crippen MR) is 90.1 cm³/mol. The van der Waals surface area contributed by atoms with Crippen LogP contribution in [0.2, 0.25) is 0 Å². The molecule has 0 saturated carbocycles. The van der Waals surface area contributed by atoms with Crippen molar-refractivity contribution in [3.05, 3.63) is 71.8 Å². The van der Waals surface area contributed by atoms with Gasteiger partial charge in [0.05, 0.1) is 7.11 Å². The molecular weight excluding hydrogens is 270 g/mol. The van der Waals surface area contributed by atoms with Crippen LogP contribution in [0.4, 0.5) is 0 Å². The van der Waals surface area contributed by atoms with Crippen molar-refractivity contribution in [2.45, 2.75) is 5.92 Å². The molecule has 0 radical (unpaired) electrons. The van der Waals surface area contributed by atoms with E-state index in [4.69, 9.17) is 4.74 Å². The Kier molecular flexibility index (Phi) is 3.47. The molecule has 2 bridgehead atoms. The van der Waals surface area contributed by atoms with Crippen LogP contribution in [0.3, 0.4) is 0 Å². The van der Waals surface area contributed by atoms with Gasteiger partial charge in [0.2, 0.25) is 0 Å². The highest BCUT2D eigenvalue weighted by molar-refractivity contribution is 5.70. The molecule has 2 aliphatic heterocycles. The minimum absolute atomic E-state index is 0.601. The first-order valence-corrected chi connectivity index (χ1v) is 7.97. The van der Waals surface area contributed by atoms with Crippen molar-refractivity contribution in [3.8, 4) is 5.75 Å². The topological polar surface area (TPSA) is 12.5 Å². The minimum Gasteiger partial charge on any atom is -0.497 e. The summed E-state index contributed by atoms with van der Waals surface area (Å²) in [5, 5.41) is 0. The molecule has 4 rings (SSSR count). The molecule has 0 N–H and O–H groups in total. The maximum Gasteiger partial charge on any atom is 0.118 e. The summed E-state index contributed by atoms with van der Waals surface area (Å²) in [6.07, 6.45) is 2.42. The largest absolute Gasteiger partial charge is 0.497 e. The molecule has 0 aliphatic carbocycles. The number of rotatable bonds is 3.